The van der Waals surface area contributed by atoms with Crippen molar-refractivity contribution < 1.29 is 9.53 Å². The van der Waals surface area contributed by atoms with Gasteiger partial charge in [0, 0.05) is 12.1 Å². The normalized spacial score (nSPS) is 11.5. The summed E-state index contributed by atoms with van der Waals surface area (Å²) in [6.07, 6.45) is 0. The van der Waals surface area contributed by atoms with Crippen LogP contribution in [-0.2, 0) is 10.2 Å². The summed E-state index contributed by atoms with van der Waals surface area (Å²) < 4.78 is 5.12. The summed E-state index contributed by atoms with van der Waals surface area (Å²) in [4.78, 5) is 11.7. The molecular weight excluding hydrogens is 214 g/mol. The minimum absolute atomic E-state index is 0.00101. The van der Waals surface area contributed by atoms with Crippen LogP contribution in [0.2, 0.25) is 0 Å². The van der Waals surface area contributed by atoms with Crippen molar-refractivity contribution in [1.82, 2.24) is 0 Å². The van der Waals surface area contributed by atoms with Crippen molar-refractivity contribution >= 4 is 5.78 Å². The Kier molecular flexibility index (Phi) is 4.85. The maximum Gasteiger partial charge on any atom is 0.188 e. The quantitative estimate of drug-likeness (QED) is 0.628. The number of hydrogen-bond acceptors (Lipinski definition) is 3. The second-order valence-electron chi connectivity index (χ2n) is 5.09. The Labute approximate surface area is 103 Å². The molecule has 0 aliphatic heterocycles. The topological polar surface area (TPSA) is 52.3 Å². The number of hydrogen-bond donors (Lipinski definition) is 1. The van der Waals surface area contributed by atoms with Crippen molar-refractivity contribution in [2.24, 2.45) is 5.73 Å². The molecule has 2 N–H and O–H groups in total. The lowest BCUT2D eigenvalue weighted by atomic mass is 9.86. The highest BCUT2D eigenvalue weighted by Gasteiger charge is 2.14. The third-order valence-corrected chi connectivity index (χ3v) is 2.57. The van der Waals surface area contributed by atoms with Crippen LogP contribution < -0.4 is 5.73 Å². The second kappa shape index (κ2) is 5.94. The van der Waals surface area contributed by atoms with Crippen LogP contribution in [0.5, 0.6) is 0 Å². The Morgan fingerprint density at radius 2 is 1.82 bits per heavy atom. The summed E-state index contributed by atoms with van der Waals surface area (Å²) in [6.45, 7) is 7.41. The van der Waals surface area contributed by atoms with Crippen molar-refractivity contribution in [3.63, 3.8) is 0 Å². The molecule has 0 saturated heterocycles. The summed E-state index contributed by atoms with van der Waals surface area (Å²) in [5.74, 6) is -0.00101. The van der Waals surface area contributed by atoms with E-state index in [1.165, 1.54) is 5.56 Å². The molecule has 1 rings (SSSR count). The van der Waals surface area contributed by atoms with Gasteiger partial charge >= 0.3 is 0 Å². The number of carbonyl (C=O) groups is 1. The van der Waals surface area contributed by atoms with E-state index in [0.29, 0.717) is 18.7 Å². The predicted molar refractivity (Wildman–Crippen MR) is 69.3 cm³/mol. The maximum absolute atomic E-state index is 11.7. The molecule has 0 radical (unpaired) electrons. The van der Waals surface area contributed by atoms with Gasteiger partial charge in [0.05, 0.1) is 6.61 Å². The van der Waals surface area contributed by atoms with E-state index in [0.717, 1.165) is 0 Å². The van der Waals surface area contributed by atoms with Crippen LogP contribution in [0, 0.1) is 0 Å². The van der Waals surface area contributed by atoms with Crippen LogP contribution >= 0.6 is 0 Å². The molecule has 0 unspecified atom stereocenters. The molecular formula is C14H21NO2. The minimum Gasteiger partial charge on any atom is -0.372 e. The molecule has 0 aliphatic carbocycles. The van der Waals surface area contributed by atoms with Crippen LogP contribution in [0.25, 0.3) is 0 Å². The lowest BCUT2D eigenvalue weighted by Gasteiger charge is -2.18. The molecule has 0 heterocycles. The summed E-state index contributed by atoms with van der Waals surface area (Å²) in [5, 5.41) is 0. The highest BCUT2D eigenvalue weighted by atomic mass is 16.5. The molecule has 1 aromatic rings. The molecule has 0 saturated carbocycles. The van der Waals surface area contributed by atoms with Crippen molar-refractivity contribution in [3.8, 4) is 0 Å². The van der Waals surface area contributed by atoms with Gasteiger partial charge in [0.25, 0.3) is 0 Å². The number of rotatable bonds is 5. The van der Waals surface area contributed by atoms with Crippen molar-refractivity contribution in [2.45, 2.75) is 26.2 Å². The van der Waals surface area contributed by atoms with E-state index in [-0.39, 0.29) is 17.8 Å². The molecule has 0 amide bonds. The fourth-order valence-corrected chi connectivity index (χ4v) is 1.49. The standard InChI is InChI=1S/C14H21NO2/c1-14(2,3)12-6-4-11(5-7-12)13(16)10-17-9-8-15/h4-7H,8-10,15H2,1-3H3. The summed E-state index contributed by atoms with van der Waals surface area (Å²) >= 11 is 0. The van der Waals surface area contributed by atoms with Crippen LogP contribution in [0.1, 0.15) is 36.7 Å². The van der Waals surface area contributed by atoms with E-state index in [1.807, 2.05) is 24.3 Å². The molecule has 3 heteroatoms. The zero-order valence-electron chi connectivity index (χ0n) is 10.8. The van der Waals surface area contributed by atoms with E-state index >= 15 is 0 Å². The first kappa shape index (κ1) is 13.9. The van der Waals surface area contributed by atoms with Gasteiger partial charge in [-0.1, -0.05) is 45.0 Å². The lowest BCUT2D eigenvalue weighted by Crippen LogP contribution is -2.15. The lowest BCUT2D eigenvalue weighted by molar-refractivity contribution is 0.0774. The van der Waals surface area contributed by atoms with Crippen molar-refractivity contribution in [3.05, 3.63) is 35.4 Å². The molecule has 17 heavy (non-hydrogen) atoms. The van der Waals surface area contributed by atoms with Crippen LogP contribution in [0.15, 0.2) is 24.3 Å². The molecule has 94 valence electrons. The highest BCUT2D eigenvalue weighted by molar-refractivity contribution is 5.97. The van der Waals surface area contributed by atoms with Gasteiger partial charge in [0.15, 0.2) is 5.78 Å². The van der Waals surface area contributed by atoms with E-state index in [2.05, 4.69) is 20.8 Å². The van der Waals surface area contributed by atoms with Gasteiger partial charge < -0.3 is 10.5 Å². The van der Waals surface area contributed by atoms with E-state index < -0.39 is 0 Å². The molecule has 1 aromatic carbocycles. The van der Waals surface area contributed by atoms with Crippen molar-refractivity contribution in [1.29, 1.82) is 0 Å². The monoisotopic (exact) mass is 235 g/mol. The van der Waals surface area contributed by atoms with Crippen LogP contribution in [0.3, 0.4) is 0 Å². The zero-order chi connectivity index (χ0) is 12.9. The SMILES string of the molecule is CC(C)(C)c1ccc(C(=O)COCCN)cc1. The van der Waals surface area contributed by atoms with Gasteiger partial charge in [0.2, 0.25) is 0 Å². The minimum atomic E-state index is -0.00101. The largest absolute Gasteiger partial charge is 0.372 e. The number of ketones is 1. The predicted octanol–water partition coefficient (Wildman–Crippen LogP) is 2.14. The fourth-order valence-electron chi connectivity index (χ4n) is 1.49. The van der Waals surface area contributed by atoms with Gasteiger partial charge in [-0.15, -0.1) is 0 Å². The molecule has 0 aliphatic rings. The first-order valence-electron chi connectivity index (χ1n) is 5.86. The van der Waals surface area contributed by atoms with E-state index in [4.69, 9.17) is 10.5 Å². The first-order valence-corrected chi connectivity index (χ1v) is 5.86. The van der Waals surface area contributed by atoms with Gasteiger partial charge in [-0.2, -0.15) is 0 Å². The Balaban J connectivity index is 2.64. The zero-order valence-corrected chi connectivity index (χ0v) is 10.8. The third-order valence-electron chi connectivity index (χ3n) is 2.57. The maximum atomic E-state index is 11.7. The number of benzene rings is 1. The van der Waals surface area contributed by atoms with Gasteiger partial charge in [0.1, 0.15) is 6.61 Å². The Bertz CT molecular complexity index is 363. The molecule has 0 fully saturated rings. The average molecular weight is 235 g/mol. The van der Waals surface area contributed by atoms with Gasteiger partial charge in [-0.05, 0) is 11.0 Å². The smallest absolute Gasteiger partial charge is 0.188 e. The Morgan fingerprint density at radius 3 is 2.29 bits per heavy atom. The highest BCUT2D eigenvalue weighted by Crippen LogP contribution is 2.22. The Morgan fingerprint density at radius 1 is 1.24 bits per heavy atom. The average Bonchev–Trinajstić information content (AvgIpc) is 2.28. The van der Waals surface area contributed by atoms with E-state index in [9.17, 15) is 4.79 Å². The van der Waals surface area contributed by atoms with Crippen LogP contribution in [0.4, 0.5) is 0 Å². The second-order valence-corrected chi connectivity index (χ2v) is 5.09. The molecule has 0 spiro atoms. The van der Waals surface area contributed by atoms with Gasteiger partial charge in [-0.3, -0.25) is 4.79 Å². The van der Waals surface area contributed by atoms with Crippen LogP contribution in [-0.4, -0.2) is 25.5 Å². The molecule has 0 bridgehead atoms. The summed E-state index contributed by atoms with van der Waals surface area (Å²) in [6, 6.07) is 7.70. The fraction of sp³-hybridized carbons (Fsp3) is 0.500. The first-order chi connectivity index (χ1) is 7.95. The summed E-state index contributed by atoms with van der Waals surface area (Å²) in [5.41, 5.74) is 7.30. The molecule has 0 aromatic heterocycles. The van der Waals surface area contributed by atoms with Crippen molar-refractivity contribution in [2.75, 3.05) is 19.8 Å². The number of Topliss-reactive ketones (excluding diaryl/α,β-unsaturated/α-hetero) is 1. The number of nitrogens with two attached hydrogens (primary N) is 1. The third kappa shape index (κ3) is 4.29. The van der Waals surface area contributed by atoms with Gasteiger partial charge in [-0.25, -0.2) is 0 Å². The Hall–Kier alpha value is -1.19. The number of ether oxygens (including phenoxy) is 1. The summed E-state index contributed by atoms with van der Waals surface area (Å²) in [7, 11) is 0. The number of carbonyl (C=O) groups excluding carboxylic acids is 1. The molecule has 0 atom stereocenters. The molecule has 3 nitrogen and oxygen atoms in total. The van der Waals surface area contributed by atoms with E-state index in [1.54, 1.807) is 0 Å².